The minimum Gasteiger partial charge on any atom is -0.445 e. The summed E-state index contributed by atoms with van der Waals surface area (Å²) in [6.07, 6.45) is 5.14. The van der Waals surface area contributed by atoms with Gasteiger partial charge in [0.25, 0.3) is 0 Å². The van der Waals surface area contributed by atoms with Crippen LogP contribution in [0.1, 0.15) is 39.0 Å². The molecule has 0 fully saturated rings. The Hall–Kier alpha value is 1.23. The van der Waals surface area contributed by atoms with Crippen molar-refractivity contribution in [1.82, 2.24) is 0 Å². The van der Waals surface area contributed by atoms with Gasteiger partial charge in [-0.15, -0.1) is 11.5 Å². The van der Waals surface area contributed by atoms with Crippen molar-refractivity contribution in [1.29, 1.82) is 0 Å². The average Bonchev–Trinajstić information content (AvgIpc) is 2.04. The van der Waals surface area contributed by atoms with Crippen molar-refractivity contribution >= 4 is 6.98 Å². The summed E-state index contributed by atoms with van der Waals surface area (Å²) in [5, 5.41) is 0. The fourth-order valence-corrected chi connectivity index (χ4v) is 1.88. The van der Waals surface area contributed by atoms with Gasteiger partial charge in [-0.05, 0) is 18.8 Å². The summed E-state index contributed by atoms with van der Waals surface area (Å²) in [4.78, 5) is 0. The predicted octanol–water partition coefficient (Wildman–Crippen LogP) is 0.904. The Morgan fingerprint density at radius 1 is 1.43 bits per heavy atom. The summed E-state index contributed by atoms with van der Waals surface area (Å²) < 4.78 is 36.7. The monoisotopic (exact) mass is 230 g/mol. The van der Waals surface area contributed by atoms with Crippen molar-refractivity contribution in [2.24, 2.45) is 5.92 Å². The summed E-state index contributed by atoms with van der Waals surface area (Å²) >= 11 is 0. The molecule has 0 amide bonds. The molecule has 0 nitrogen and oxygen atoms in total. The summed E-state index contributed by atoms with van der Waals surface area (Å²) in [5.74, 6) is 0.492. The van der Waals surface area contributed by atoms with Gasteiger partial charge in [0.05, 0.1) is 0 Å². The van der Waals surface area contributed by atoms with Gasteiger partial charge >= 0.3 is 58.4 Å². The fraction of sp³-hybridized carbons (Fsp3) is 0.778. The van der Waals surface area contributed by atoms with Crippen molar-refractivity contribution in [3.05, 3.63) is 11.5 Å². The van der Waals surface area contributed by atoms with Crippen LogP contribution in [0.3, 0.4) is 0 Å². The maximum absolute atomic E-state index is 12.2. The topological polar surface area (TPSA) is 0 Å². The third-order valence-electron chi connectivity index (χ3n) is 2.67. The van der Waals surface area contributed by atoms with Crippen LogP contribution in [0.4, 0.5) is 12.9 Å². The first-order valence-electron chi connectivity index (χ1n) is 4.93. The van der Waals surface area contributed by atoms with Crippen LogP contribution in [0, 0.1) is 5.92 Å². The summed E-state index contributed by atoms with van der Waals surface area (Å²) in [5.41, 5.74) is -0.257. The van der Waals surface area contributed by atoms with E-state index in [-0.39, 0.29) is 63.3 Å². The van der Waals surface area contributed by atoms with Gasteiger partial charge in [-0.3, -0.25) is 0 Å². The molecule has 0 spiro atoms. The molecule has 1 aliphatic carbocycles. The molecular formula is C9H15BF3K. The van der Waals surface area contributed by atoms with Crippen LogP contribution in [-0.4, -0.2) is 6.98 Å². The van der Waals surface area contributed by atoms with E-state index in [1.807, 2.05) is 0 Å². The van der Waals surface area contributed by atoms with Crippen LogP contribution in [0.2, 0.25) is 0 Å². The Kier molecular flexibility index (Phi) is 7.33. The van der Waals surface area contributed by atoms with E-state index in [4.69, 9.17) is 0 Å². The Bertz CT molecular complexity index is 201. The fourth-order valence-electron chi connectivity index (χ4n) is 1.88. The zero-order valence-electron chi connectivity index (χ0n) is 8.90. The molecule has 1 atom stereocenters. The van der Waals surface area contributed by atoms with Crippen LogP contribution in [0.5, 0.6) is 0 Å². The largest absolute Gasteiger partial charge is 1.00 e. The third-order valence-corrected chi connectivity index (χ3v) is 2.67. The van der Waals surface area contributed by atoms with Crippen molar-refractivity contribution in [3.8, 4) is 0 Å². The molecule has 1 unspecified atom stereocenters. The first-order chi connectivity index (χ1) is 6.04. The number of rotatable bonds is 3. The molecule has 0 aromatic rings. The molecule has 14 heavy (non-hydrogen) atoms. The van der Waals surface area contributed by atoms with Gasteiger partial charge in [-0.2, -0.15) is 0 Å². The quantitative estimate of drug-likeness (QED) is 0.632. The molecule has 0 aromatic carbocycles. The van der Waals surface area contributed by atoms with Gasteiger partial charge in [0.15, 0.2) is 0 Å². The summed E-state index contributed by atoms with van der Waals surface area (Å²) in [6.45, 7) is -2.62. The number of allylic oxidation sites excluding steroid dienone is 2. The minimum atomic E-state index is -4.70. The van der Waals surface area contributed by atoms with Crippen LogP contribution in [0.25, 0.3) is 0 Å². The van der Waals surface area contributed by atoms with Gasteiger partial charge < -0.3 is 12.9 Å². The van der Waals surface area contributed by atoms with E-state index in [0.717, 1.165) is 19.3 Å². The van der Waals surface area contributed by atoms with Gasteiger partial charge in [0.1, 0.15) is 0 Å². The molecule has 5 heteroatoms. The molecule has 76 valence electrons. The zero-order chi connectivity index (χ0) is 9.90. The van der Waals surface area contributed by atoms with Crippen LogP contribution in [0.15, 0.2) is 11.5 Å². The third kappa shape index (κ3) is 4.84. The molecule has 0 heterocycles. The normalized spacial score (nSPS) is 22.6. The Morgan fingerprint density at radius 3 is 2.43 bits per heavy atom. The minimum absolute atomic E-state index is 0. The van der Waals surface area contributed by atoms with Crippen LogP contribution >= 0.6 is 0 Å². The molecule has 0 aliphatic heterocycles. The predicted molar refractivity (Wildman–Crippen MR) is 49.4 cm³/mol. The SMILES string of the molecule is CCCC1CC=C([B-](F)(F)F)CC1.[K+]. The van der Waals surface area contributed by atoms with E-state index in [1.54, 1.807) is 0 Å². The average molecular weight is 230 g/mol. The standard InChI is InChI=1S/C9H15BF3.K/c1-2-3-8-4-6-9(7-5-8)10(11,12)13;/h6,8H,2-5,7H2,1H3;/q-1;+1. The molecule has 1 rings (SSSR count). The van der Waals surface area contributed by atoms with Crippen LogP contribution < -0.4 is 51.4 Å². The van der Waals surface area contributed by atoms with Crippen molar-refractivity contribution in [2.75, 3.05) is 0 Å². The number of hydrogen-bond donors (Lipinski definition) is 0. The summed E-state index contributed by atoms with van der Waals surface area (Å²) in [7, 11) is 0. The van der Waals surface area contributed by atoms with E-state index in [0.29, 0.717) is 12.3 Å². The second kappa shape index (κ2) is 6.74. The molecular weight excluding hydrogens is 215 g/mol. The summed E-state index contributed by atoms with van der Waals surface area (Å²) in [6, 6.07) is 0. The molecule has 0 bridgehead atoms. The van der Waals surface area contributed by atoms with E-state index in [9.17, 15) is 12.9 Å². The van der Waals surface area contributed by atoms with Crippen molar-refractivity contribution in [3.63, 3.8) is 0 Å². The Morgan fingerprint density at radius 2 is 2.07 bits per heavy atom. The molecule has 0 aromatic heterocycles. The van der Waals surface area contributed by atoms with Gasteiger partial charge in [0, 0.05) is 0 Å². The number of halogens is 3. The van der Waals surface area contributed by atoms with Crippen molar-refractivity contribution < 1.29 is 64.3 Å². The molecule has 0 saturated heterocycles. The molecule has 0 N–H and O–H groups in total. The van der Waals surface area contributed by atoms with E-state index in [2.05, 4.69) is 6.92 Å². The molecule has 1 aliphatic rings. The first-order valence-corrected chi connectivity index (χ1v) is 4.93. The Balaban J connectivity index is 0.00000169. The van der Waals surface area contributed by atoms with Crippen molar-refractivity contribution in [2.45, 2.75) is 39.0 Å². The van der Waals surface area contributed by atoms with E-state index < -0.39 is 6.98 Å². The zero-order valence-corrected chi connectivity index (χ0v) is 12.0. The maximum atomic E-state index is 12.2. The van der Waals surface area contributed by atoms with Crippen LogP contribution in [-0.2, 0) is 0 Å². The second-order valence-electron chi connectivity index (χ2n) is 3.78. The smallest absolute Gasteiger partial charge is 0.445 e. The first kappa shape index (κ1) is 15.2. The Labute approximate surface area is 126 Å². The van der Waals surface area contributed by atoms with Gasteiger partial charge in [0.2, 0.25) is 0 Å². The van der Waals surface area contributed by atoms with E-state index in [1.165, 1.54) is 6.08 Å². The second-order valence-corrected chi connectivity index (χ2v) is 3.78. The van der Waals surface area contributed by atoms with E-state index >= 15 is 0 Å². The number of hydrogen-bond acceptors (Lipinski definition) is 0. The molecule has 0 saturated carbocycles. The van der Waals surface area contributed by atoms with Gasteiger partial charge in [-0.1, -0.05) is 26.2 Å². The van der Waals surface area contributed by atoms with Gasteiger partial charge in [-0.25, -0.2) is 0 Å². The maximum Gasteiger partial charge on any atom is 1.00 e. The molecule has 0 radical (unpaired) electrons.